The zero-order valence-electron chi connectivity index (χ0n) is 8.53. The van der Waals surface area contributed by atoms with E-state index in [-0.39, 0.29) is 0 Å². The highest BCUT2D eigenvalue weighted by atomic mass is 16.5. The van der Waals surface area contributed by atoms with Crippen LogP contribution in [-0.2, 0) is 4.74 Å². The largest absolute Gasteiger partial charge is 0.385 e. The maximum atomic E-state index is 4.78. The summed E-state index contributed by atoms with van der Waals surface area (Å²) >= 11 is 0. The van der Waals surface area contributed by atoms with E-state index in [1.54, 1.807) is 7.11 Å². The van der Waals surface area contributed by atoms with Crippen molar-refractivity contribution in [2.45, 2.75) is 47.5 Å². The monoisotopic (exact) mass is 148 g/mol. The molecule has 0 radical (unpaired) electrons. The molecule has 0 heterocycles. The lowest BCUT2D eigenvalue weighted by Crippen LogP contribution is -1.84. The molecule has 0 N–H and O–H groups in total. The van der Waals surface area contributed by atoms with E-state index >= 15 is 0 Å². The highest BCUT2D eigenvalue weighted by molar-refractivity contribution is 4.26. The lowest BCUT2D eigenvalue weighted by atomic mass is 10.4. The van der Waals surface area contributed by atoms with Crippen molar-refractivity contribution in [1.82, 2.24) is 0 Å². The molecule has 1 nitrogen and oxygen atoms in total. The number of unbranched alkanes of at least 4 members (excludes halogenated alkanes) is 1. The normalized spacial score (nSPS) is 6.60. The standard InChI is InChI=1S/C5H12O.2C2H6/c1-3-4-5-6-2;2*1-2/h3-5H2,1-2H3;2*1-2H3. The zero-order chi connectivity index (χ0) is 8.83. The van der Waals surface area contributed by atoms with Gasteiger partial charge in [0.25, 0.3) is 0 Å². The molecule has 0 aliphatic rings. The van der Waals surface area contributed by atoms with Gasteiger partial charge in [-0.15, -0.1) is 0 Å². The minimum atomic E-state index is 0.913. The molecule has 0 saturated carbocycles. The van der Waals surface area contributed by atoms with E-state index in [1.807, 2.05) is 27.7 Å². The molecule has 0 spiro atoms. The van der Waals surface area contributed by atoms with Crippen molar-refractivity contribution in [3.8, 4) is 0 Å². The van der Waals surface area contributed by atoms with Gasteiger partial charge in [-0.05, 0) is 6.42 Å². The summed E-state index contributed by atoms with van der Waals surface area (Å²) < 4.78 is 4.78. The van der Waals surface area contributed by atoms with Crippen LogP contribution < -0.4 is 0 Å². The molecule has 0 bridgehead atoms. The zero-order valence-corrected chi connectivity index (χ0v) is 8.53. The second-order valence-corrected chi connectivity index (χ2v) is 1.35. The molecule has 0 rings (SSSR count). The van der Waals surface area contributed by atoms with E-state index in [9.17, 15) is 0 Å². The fourth-order valence-corrected chi connectivity index (χ4v) is 0.289. The Morgan fingerprint density at radius 3 is 1.50 bits per heavy atom. The van der Waals surface area contributed by atoms with Crippen LogP contribution in [0.25, 0.3) is 0 Å². The maximum absolute atomic E-state index is 4.78. The minimum absolute atomic E-state index is 0.913. The molecular weight excluding hydrogens is 124 g/mol. The number of hydrogen-bond acceptors (Lipinski definition) is 1. The van der Waals surface area contributed by atoms with Gasteiger partial charge in [0, 0.05) is 13.7 Å². The van der Waals surface area contributed by atoms with Crippen LogP contribution in [0.5, 0.6) is 0 Å². The third-order valence-electron chi connectivity index (χ3n) is 0.702. The van der Waals surface area contributed by atoms with Gasteiger partial charge in [0.2, 0.25) is 0 Å². The summed E-state index contributed by atoms with van der Waals surface area (Å²) in [7, 11) is 1.73. The van der Waals surface area contributed by atoms with Crippen molar-refractivity contribution in [2.24, 2.45) is 0 Å². The third kappa shape index (κ3) is 44.0. The van der Waals surface area contributed by atoms with Gasteiger partial charge in [-0.3, -0.25) is 0 Å². The molecule has 0 amide bonds. The highest BCUT2D eigenvalue weighted by Gasteiger charge is 1.74. The first kappa shape index (κ1) is 16.5. The van der Waals surface area contributed by atoms with E-state index < -0.39 is 0 Å². The fraction of sp³-hybridized carbons (Fsp3) is 1.00. The van der Waals surface area contributed by atoms with Crippen LogP contribution in [0.15, 0.2) is 0 Å². The van der Waals surface area contributed by atoms with Gasteiger partial charge in [-0.25, -0.2) is 0 Å². The Hall–Kier alpha value is -0.0400. The summed E-state index contributed by atoms with van der Waals surface area (Å²) in [5, 5.41) is 0. The smallest absolute Gasteiger partial charge is 0.0462 e. The summed E-state index contributed by atoms with van der Waals surface area (Å²) in [6.45, 7) is 11.1. The maximum Gasteiger partial charge on any atom is 0.0462 e. The van der Waals surface area contributed by atoms with Crippen LogP contribution in [0, 0.1) is 0 Å². The molecule has 0 fully saturated rings. The summed E-state index contributed by atoms with van der Waals surface area (Å²) in [6.07, 6.45) is 2.42. The van der Waals surface area contributed by atoms with E-state index in [2.05, 4.69) is 6.92 Å². The molecule has 0 aromatic rings. The summed E-state index contributed by atoms with van der Waals surface area (Å²) in [5.74, 6) is 0. The summed E-state index contributed by atoms with van der Waals surface area (Å²) in [6, 6.07) is 0. The summed E-state index contributed by atoms with van der Waals surface area (Å²) in [4.78, 5) is 0. The van der Waals surface area contributed by atoms with Gasteiger partial charge in [0.1, 0.15) is 0 Å². The average molecular weight is 148 g/mol. The van der Waals surface area contributed by atoms with Crippen molar-refractivity contribution >= 4 is 0 Å². The number of hydrogen-bond donors (Lipinski definition) is 0. The van der Waals surface area contributed by atoms with Crippen LogP contribution >= 0.6 is 0 Å². The minimum Gasteiger partial charge on any atom is -0.385 e. The highest BCUT2D eigenvalue weighted by Crippen LogP contribution is 1.83. The first-order chi connectivity index (χ1) is 4.91. The third-order valence-corrected chi connectivity index (χ3v) is 0.702. The number of rotatable bonds is 3. The molecule has 0 aliphatic heterocycles. The van der Waals surface area contributed by atoms with Crippen LogP contribution in [0.3, 0.4) is 0 Å². The van der Waals surface area contributed by atoms with Crippen molar-refractivity contribution in [3.05, 3.63) is 0 Å². The lowest BCUT2D eigenvalue weighted by molar-refractivity contribution is 0.194. The molecule has 1 heteroatoms. The number of methoxy groups -OCH3 is 1. The van der Waals surface area contributed by atoms with E-state index in [4.69, 9.17) is 4.74 Å². The van der Waals surface area contributed by atoms with Crippen molar-refractivity contribution in [2.75, 3.05) is 13.7 Å². The average Bonchev–Trinajstić information content (AvgIpc) is 2.08. The lowest BCUT2D eigenvalue weighted by Gasteiger charge is -1.89. The second-order valence-electron chi connectivity index (χ2n) is 1.35. The Morgan fingerprint density at radius 1 is 1.00 bits per heavy atom. The van der Waals surface area contributed by atoms with Crippen LogP contribution in [-0.4, -0.2) is 13.7 Å². The second kappa shape index (κ2) is 36.2. The quantitative estimate of drug-likeness (QED) is 0.557. The summed E-state index contributed by atoms with van der Waals surface area (Å²) in [5.41, 5.74) is 0. The molecule has 0 atom stereocenters. The predicted molar refractivity (Wildman–Crippen MR) is 49.5 cm³/mol. The molecular formula is C9H24O. The van der Waals surface area contributed by atoms with Gasteiger partial charge in [0.05, 0.1) is 0 Å². The van der Waals surface area contributed by atoms with E-state index in [0.717, 1.165) is 6.61 Å². The molecule has 0 aromatic carbocycles. The Bertz CT molecular complexity index is 16.7. The van der Waals surface area contributed by atoms with Gasteiger partial charge in [-0.1, -0.05) is 41.0 Å². The van der Waals surface area contributed by atoms with E-state index in [1.165, 1.54) is 12.8 Å². The Morgan fingerprint density at radius 2 is 1.40 bits per heavy atom. The topological polar surface area (TPSA) is 9.23 Å². The Kier molecular flexibility index (Phi) is 59.8. The molecule has 0 aromatic heterocycles. The first-order valence-electron chi connectivity index (χ1n) is 4.40. The Balaban J connectivity index is -0.000000105. The predicted octanol–water partition coefficient (Wildman–Crippen LogP) is 3.49. The fourth-order valence-electron chi connectivity index (χ4n) is 0.289. The molecule has 0 aliphatic carbocycles. The van der Waals surface area contributed by atoms with E-state index in [0.29, 0.717) is 0 Å². The van der Waals surface area contributed by atoms with Crippen molar-refractivity contribution < 1.29 is 4.74 Å². The van der Waals surface area contributed by atoms with Crippen molar-refractivity contribution in [3.63, 3.8) is 0 Å². The van der Waals surface area contributed by atoms with Gasteiger partial charge < -0.3 is 4.74 Å². The van der Waals surface area contributed by atoms with Crippen LogP contribution in [0.1, 0.15) is 47.5 Å². The van der Waals surface area contributed by atoms with Crippen LogP contribution in [0.4, 0.5) is 0 Å². The molecule has 0 saturated heterocycles. The van der Waals surface area contributed by atoms with Gasteiger partial charge in [0.15, 0.2) is 0 Å². The van der Waals surface area contributed by atoms with Crippen molar-refractivity contribution in [1.29, 1.82) is 0 Å². The molecule has 66 valence electrons. The SMILES string of the molecule is CC.CC.CCCCOC. The first-order valence-corrected chi connectivity index (χ1v) is 4.40. The Labute approximate surface area is 66.8 Å². The number of ether oxygens (including phenoxy) is 1. The molecule has 10 heavy (non-hydrogen) atoms. The van der Waals surface area contributed by atoms with Gasteiger partial charge in [-0.2, -0.15) is 0 Å². The van der Waals surface area contributed by atoms with Crippen LogP contribution in [0.2, 0.25) is 0 Å². The van der Waals surface area contributed by atoms with Gasteiger partial charge >= 0.3 is 0 Å². The molecule has 0 unspecified atom stereocenters.